The predicted octanol–water partition coefficient (Wildman–Crippen LogP) is 0.586. The summed E-state index contributed by atoms with van der Waals surface area (Å²) in [4.78, 5) is 35.6. The highest BCUT2D eigenvalue weighted by molar-refractivity contribution is 7.90. The summed E-state index contributed by atoms with van der Waals surface area (Å²) in [6, 6.07) is 3.34. The average molecular weight is 384 g/mol. The highest BCUT2D eigenvalue weighted by atomic mass is 32.2. The third-order valence-electron chi connectivity index (χ3n) is 3.51. The summed E-state index contributed by atoms with van der Waals surface area (Å²) in [6.07, 6.45) is 1.81. The van der Waals surface area contributed by atoms with Gasteiger partial charge in [0, 0.05) is 12.8 Å². The largest absolute Gasteiger partial charge is 0.452 e. The zero-order valence-electron chi connectivity index (χ0n) is 15.3. The van der Waals surface area contributed by atoms with E-state index in [2.05, 4.69) is 10.6 Å². The van der Waals surface area contributed by atoms with Crippen molar-refractivity contribution in [3.63, 3.8) is 0 Å². The Balaban J connectivity index is 2.66. The van der Waals surface area contributed by atoms with Gasteiger partial charge in [-0.25, -0.2) is 13.2 Å². The molecule has 8 nitrogen and oxygen atoms in total. The zero-order chi connectivity index (χ0) is 19.9. The van der Waals surface area contributed by atoms with E-state index in [1.54, 1.807) is 6.92 Å². The topological polar surface area (TPSA) is 119 Å². The number of hydrogen-bond acceptors (Lipinski definition) is 6. The van der Waals surface area contributed by atoms with Crippen molar-refractivity contribution >= 4 is 27.6 Å². The highest BCUT2D eigenvalue weighted by Crippen LogP contribution is 2.16. The molecule has 0 radical (unpaired) electrons. The van der Waals surface area contributed by atoms with Crippen LogP contribution >= 0.6 is 0 Å². The Morgan fingerprint density at radius 1 is 1.23 bits per heavy atom. The van der Waals surface area contributed by atoms with Crippen LogP contribution in [0.3, 0.4) is 0 Å². The lowest BCUT2D eigenvalue weighted by molar-refractivity contribution is -0.130. The standard InChI is InChI=1S/C17H24N2O6S/c1-5-8-18-16(21)12(3)19-15(20)10-25-17(22)14-9-13(26(4,23)24)7-6-11(14)2/h6-7,9,12H,5,8,10H2,1-4H3,(H,18,21)(H,19,20)/t12-/m1/s1. The van der Waals surface area contributed by atoms with Crippen LogP contribution in [0.2, 0.25) is 0 Å². The number of carbonyl (C=O) groups excluding carboxylic acids is 3. The molecule has 0 saturated heterocycles. The van der Waals surface area contributed by atoms with Gasteiger partial charge in [-0.1, -0.05) is 13.0 Å². The van der Waals surface area contributed by atoms with Crippen LogP contribution in [0.4, 0.5) is 0 Å². The van der Waals surface area contributed by atoms with E-state index in [0.29, 0.717) is 12.1 Å². The molecule has 0 saturated carbocycles. The first-order valence-corrected chi connectivity index (χ1v) is 10.00. The normalized spacial score (nSPS) is 12.2. The predicted molar refractivity (Wildman–Crippen MR) is 95.5 cm³/mol. The number of ether oxygens (including phenoxy) is 1. The van der Waals surface area contributed by atoms with Gasteiger partial charge in [0.2, 0.25) is 5.91 Å². The summed E-state index contributed by atoms with van der Waals surface area (Å²) in [7, 11) is -3.47. The first-order valence-electron chi connectivity index (χ1n) is 8.11. The molecule has 1 rings (SSSR count). The number of amides is 2. The third kappa shape index (κ3) is 6.47. The summed E-state index contributed by atoms with van der Waals surface area (Å²) in [5, 5.41) is 5.06. The lowest BCUT2D eigenvalue weighted by atomic mass is 10.1. The SMILES string of the molecule is CCCNC(=O)[C@@H](C)NC(=O)COC(=O)c1cc(S(C)(=O)=O)ccc1C. The van der Waals surface area contributed by atoms with Gasteiger partial charge in [0.15, 0.2) is 16.4 Å². The fourth-order valence-electron chi connectivity index (χ4n) is 2.01. The molecular formula is C17H24N2O6S. The van der Waals surface area contributed by atoms with Crippen molar-refractivity contribution in [3.8, 4) is 0 Å². The Bertz CT molecular complexity index is 788. The van der Waals surface area contributed by atoms with E-state index in [0.717, 1.165) is 12.7 Å². The minimum absolute atomic E-state index is 0.0132. The summed E-state index contributed by atoms with van der Waals surface area (Å²) in [5.41, 5.74) is 0.588. The zero-order valence-corrected chi connectivity index (χ0v) is 16.1. The van der Waals surface area contributed by atoms with Crippen LogP contribution in [0, 0.1) is 6.92 Å². The van der Waals surface area contributed by atoms with Gasteiger partial charge in [-0.05, 0) is 38.0 Å². The van der Waals surface area contributed by atoms with E-state index in [-0.39, 0.29) is 16.4 Å². The second-order valence-electron chi connectivity index (χ2n) is 5.91. The van der Waals surface area contributed by atoms with E-state index in [1.165, 1.54) is 25.1 Å². The molecule has 2 N–H and O–H groups in total. The van der Waals surface area contributed by atoms with Crippen LogP contribution in [0.1, 0.15) is 36.2 Å². The van der Waals surface area contributed by atoms with Crippen LogP contribution in [0.25, 0.3) is 0 Å². The number of carbonyl (C=O) groups is 3. The molecule has 1 aromatic carbocycles. The van der Waals surface area contributed by atoms with Gasteiger partial charge in [0.1, 0.15) is 6.04 Å². The summed E-state index contributed by atoms with van der Waals surface area (Å²) in [5.74, 6) is -1.77. The Kier molecular flexibility index (Phi) is 7.76. The number of benzene rings is 1. The van der Waals surface area contributed by atoms with E-state index in [1.807, 2.05) is 6.92 Å². The van der Waals surface area contributed by atoms with Crippen molar-refractivity contribution in [2.45, 2.75) is 38.1 Å². The fraction of sp³-hybridized carbons (Fsp3) is 0.471. The number of sulfone groups is 1. The first-order chi connectivity index (χ1) is 12.1. The molecule has 1 atom stereocenters. The molecule has 0 aliphatic heterocycles. The quantitative estimate of drug-likeness (QED) is 0.633. The van der Waals surface area contributed by atoms with Crippen molar-refractivity contribution in [1.82, 2.24) is 10.6 Å². The van der Waals surface area contributed by atoms with Crippen molar-refractivity contribution in [1.29, 1.82) is 0 Å². The average Bonchev–Trinajstić information content (AvgIpc) is 2.56. The second-order valence-corrected chi connectivity index (χ2v) is 7.92. The Hall–Kier alpha value is -2.42. The Morgan fingerprint density at radius 2 is 1.88 bits per heavy atom. The van der Waals surface area contributed by atoms with Gasteiger partial charge in [-0.2, -0.15) is 0 Å². The molecule has 0 aliphatic carbocycles. The number of aryl methyl sites for hydroxylation is 1. The minimum atomic E-state index is -3.47. The van der Waals surface area contributed by atoms with Crippen LogP contribution in [-0.2, 0) is 24.2 Å². The molecule has 0 spiro atoms. The van der Waals surface area contributed by atoms with E-state index < -0.39 is 34.4 Å². The number of rotatable bonds is 8. The summed E-state index contributed by atoms with van der Waals surface area (Å²) in [6.45, 7) is 4.98. The van der Waals surface area contributed by atoms with Crippen molar-refractivity contribution < 1.29 is 27.5 Å². The summed E-state index contributed by atoms with van der Waals surface area (Å²) >= 11 is 0. The molecule has 0 aromatic heterocycles. The molecule has 0 fully saturated rings. The third-order valence-corrected chi connectivity index (χ3v) is 4.62. The van der Waals surface area contributed by atoms with Gasteiger partial charge in [0.05, 0.1) is 10.5 Å². The molecule has 9 heteroatoms. The van der Waals surface area contributed by atoms with E-state index >= 15 is 0 Å². The molecule has 1 aromatic rings. The van der Waals surface area contributed by atoms with E-state index in [4.69, 9.17) is 4.74 Å². The molecular weight excluding hydrogens is 360 g/mol. The van der Waals surface area contributed by atoms with Gasteiger partial charge in [-0.3, -0.25) is 9.59 Å². The van der Waals surface area contributed by atoms with Crippen molar-refractivity contribution in [2.75, 3.05) is 19.4 Å². The fourth-order valence-corrected chi connectivity index (χ4v) is 2.66. The van der Waals surface area contributed by atoms with E-state index in [9.17, 15) is 22.8 Å². The maximum absolute atomic E-state index is 12.1. The van der Waals surface area contributed by atoms with Crippen LogP contribution in [-0.4, -0.2) is 51.7 Å². The molecule has 2 amide bonds. The van der Waals surface area contributed by atoms with Gasteiger partial charge in [-0.15, -0.1) is 0 Å². The number of esters is 1. The minimum Gasteiger partial charge on any atom is -0.452 e. The van der Waals surface area contributed by atoms with Crippen molar-refractivity contribution in [2.24, 2.45) is 0 Å². The maximum Gasteiger partial charge on any atom is 0.338 e. The Labute approximate surface area is 153 Å². The first kappa shape index (κ1) is 21.6. The monoisotopic (exact) mass is 384 g/mol. The number of nitrogens with one attached hydrogen (secondary N) is 2. The van der Waals surface area contributed by atoms with Gasteiger partial charge in [0.25, 0.3) is 5.91 Å². The molecule has 144 valence electrons. The molecule has 0 aliphatic rings. The molecule has 26 heavy (non-hydrogen) atoms. The van der Waals surface area contributed by atoms with Crippen LogP contribution in [0.15, 0.2) is 23.1 Å². The molecule has 0 heterocycles. The Morgan fingerprint density at radius 3 is 2.46 bits per heavy atom. The lowest BCUT2D eigenvalue weighted by Gasteiger charge is -2.14. The number of hydrogen-bond donors (Lipinski definition) is 2. The molecule has 0 bridgehead atoms. The summed E-state index contributed by atoms with van der Waals surface area (Å²) < 4.78 is 28.1. The second kappa shape index (κ2) is 9.33. The van der Waals surface area contributed by atoms with Gasteiger partial charge >= 0.3 is 5.97 Å². The maximum atomic E-state index is 12.1. The van der Waals surface area contributed by atoms with Gasteiger partial charge < -0.3 is 15.4 Å². The molecule has 0 unspecified atom stereocenters. The van der Waals surface area contributed by atoms with Crippen molar-refractivity contribution in [3.05, 3.63) is 29.3 Å². The smallest absolute Gasteiger partial charge is 0.338 e. The van der Waals surface area contributed by atoms with Crippen LogP contribution < -0.4 is 10.6 Å². The lowest BCUT2D eigenvalue weighted by Crippen LogP contribution is -2.46. The van der Waals surface area contributed by atoms with Crippen LogP contribution in [0.5, 0.6) is 0 Å². The highest BCUT2D eigenvalue weighted by Gasteiger charge is 2.19.